The summed E-state index contributed by atoms with van der Waals surface area (Å²) in [6, 6.07) is -0.374. The maximum atomic E-state index is 12.6. The molecule has 0 atom stereocenters. The fourth-order valence-corrected chi connectivity index (χ4v) is 3.95. The Morgan fingerprint density at radius 1 is 1.19 bits per heavy atom. The predicted molar refractivity (Wildman–Crippen MR) is 77.6 cm³/mol. The number of imide groups is 1. The van der Waals surface area contributed by atoms with E-state index in [9.17, 15) is 14.4 Å². The van der Waals surface area contributed by atoms with Gasteiger partial charge in [0.05, 0.1) is 6.54 Å². The average molecular weight is 292 g/mol. The lowest BCUT2D eigenvalue weighted by molar-refractivity contribution is -0.136. The van der Waals surface area contributed by atoms with Crippen LogP contribution in [0.25, 0.3) is 0 Å². The number of hydrogen-bond acceptors (Lipinski definition) is 3. The number of amides is 3. The molecule has 2 saturated carbocycles. The first-order chi connectivity index (χ1) is 10.0. The maximum Gasteiger partial charge on any atom is 0.325 e. The van der Waals surface area contributed by atoms with E-state index < -0.39 is 5.54 Å². The Labute approximate surface area is 125 Å². The molecule has 3 fully saturated rings. The van der Waals surface area contributed by atoms with Crippen LogP contribution in [0.1, 0.15) is 58.3 Å². The van der Waals surface area contributed by atoms with Crippen LogP contribution < -0.4 is 5.32 Å². The predicted octanol–water partition coefficient (Wildman–Crippen LogP) is 2.25. The molecule has 0 radical (unpaired) electrons. The highest BCUT2D eigenvalue weighted by atomic mass is 16.2. The number of nitrogens with one attached hydrogen (secondary N) is 1. The lowest BCUT2D eigenvalue weighted by Gasteiger charge is -2.33. The Balaban J connectivity index is 1.67. The van der Waals surface area contributed by atoms with Crippen LogP contribution in [0.15, 0.2) is 0 Å². The van der Waals surface area contributed by atoms with Crippen molar-refractivity contribution in [3.63, 3.8) is 0 Å². The Morgan fingerprint density at radius 3 is 2.43 bits per heavy atom. The highest BCUT2D eigenvalue weighted by molar-refractivity contribution is 6.09. The fourth-order valence-electron chi connectivity index (χ4n) is 3.95. The molecule has 1 spiro atoms. The Hall–Kier alpha value is -1.39. The minimum absolute atomic E-state index is 0.0351. The topological polar surface area (TPSA) is 66.5 Å². The van der Waals surface area contributed by atoms with Crippen LogP contribution in [-0.2, 0) is 9.59 Å². The smallest absolute Gasteiger partial charge is 0.323 e. The van der Waals surface area contributed by atoms with Gasteiger partial charge in [-0.25, -0.2) is 4.79 Å². The summed E-state index contributed by atoms with van der Waals surface area (Å²) in [4.78, 5) is 38.2. The molecule has 0 aromatic heterocycles. The van der Waals surface area contributed by atoms with Crippen LogP contribution in [0, 0.1) is 11.8 Å². The van der Waals surface area contributed by atoms with E-state index in [0.717, 1.165) is 43.4 Å². The number of rotatable bonds is 3. The van der Waals surface area contributed by atoms with Crippen molar-refractivity contribution in [1.82, 2.24) is 10.2 Å². The van der Waals surface area contributed by atoms with Crippen LogP contribution in [-0.4, -0.2) is 34.7 Å². The van der Waals surface area contributed by atoms with Gasteiger partial charge in [-0.15, -0.1) is 0 Å². The molecular weight excluding hydrogens is 268 g/mol. The third-order valence-electron chi connectivity index (χ3n) is 5.50. The van der Waals surface area contributed by atoms with Gasteiger partial charge in [0.25, 0.3) is 5.91 Å². The molecule has 0 bridgehead atoms. The maximum absolute atomic E-state index is 12.6. The van der Waals surface area contributed by atoms with Crippen molar-refractivity contribution in [3.8, 4) is 0 Å². The zero-order valence-corrected chi connectivity index (χ0v) is 12.7. The molecule has 116 valence electrons. The zero-order valence-electron chi connectivity index (χ0n) is 12.7. The van der Waals surface area contributed by atoms with Crippen LogP contribution in [0.5, 0.6) is 0 Å². The molecule has 21 heavy (non-hydrogen) atoms. The first-order valence-corrected chi connectivity index (χ1v) is 8.19. The summed E-state index contributed by atoms with van der Waals surface area (Å²) >= 11 is 0. The number of ketones is 1. The van der Waals surface area contributed by atoms with E-state index in [0.29, 0.717) is 18.8 Å². The van der Waals surface area contributed by atoms with E-state index >= 15 is 0 Å². The molecule has 3 rings (SSSR count). The minimum Gasteiger partial charge on any atom is -0.323 e. The van der Waals surface area contributed by atoms with E-state index in [1.165, 1.54) is 0 Å². The summed E-state index contributed by atoms with van der Waals surface area (Å²) < 4.78 is 0. The van der Waals surface area contributed by atoms with Gasteiger partial charge < -0.3 is 5.32 Å². The Bertz CT molecular complexity index is 460. The molecule has 3 aliphatic rings. The van der Waals surface area contributed by atoms with Gasteiger partial charge >= 0.3 is 6.03 Å². The van der Waals surface area contributed by atoms with Gasteiger partial charge in [0, 0.05) is 5.92 Å². The molecule has 0 aromatic carbocycles. The van der Waals surface area contributed by atoms with E-state index in [-0.39, 0.29) is 30.2 Å². The van der Waals surface area contributed by atoms with Gasteiger partial charge in [-0.3, -0.25) is 14.5 Å². The molecule has 0 unspecified atom stereocenters. The normalized spacial score (nSPS) is 33.8. The largest absolute Gasteiger partial charge is 0.325 e. The van der Waals surface area contributed by atoms with E-state index in [1.54, 1.807) is 0 Å². The van der Waals surface area contributed by atoms with E-state index in [4.69, 9.17) is 0 Å². The second kappa shape index (κ2) is 5.43. The van der Waals surface area contributed by atoms with Crippen LogP contribution >= 0.6 is 0 Å². The summed E-state index contributed by atoms with van der Waals surface area (Å²) in [5.74, 6) is 0.533. The summed E-state index contributed by atoms with van der Waals surface area (Å²) in [6.45, 7) is 2.14. The summed E-state index contributed by atoms with van der Waals surface area (Å²) in [6.07, 6.45) is 7.29. The van der Waals surface area contributed by atoms with Crippen molar-refractivity contribution < 1.29 is 14.4 Å². The third kappa shape index (κ3) is 2.58. The lowest BCUT2D eigenvalue weighted by Crippen LogP contribution is -2.49. The number of carbonyl (C=O) groups is 3. The monoisotopic (exact) mass is 292 g/mol. The second-order valence-corrected chi connectivity index (χ2v) is 7.03. The number of hydrogen-bond donors (Lipinski definition) is 1. The quantitative estimate of drug-likeness (QED) is 0.811. The molecule has 2 aliphatic carbocycles. The molecule has 5 nitrogen and oxygen atoms in total. The van der Waals surface area contributed by atoms with E-state index in [1.807, 2.05) is 0 Å². The lowest BCUT2D eigenvalue weighted by atomic mass is 9.77. The first kappa shape index (κ1) is 14.5. The van der Waals surface area contributed by atoms with Crippen molar-refractivity contribution in [2.75, 3.05) is 6.54 Å². The molecule has 0 aromatic rings. The van der Waals surface area contributed by atoms with Crippen LogP contribution in [0.3, 0.4) is 0 Å². The Kier molecular flexibility index (Phi) is 3.76. The third-order valence-corrected chi connectivity index (χ3v) is 5.50. The average Bonchev–Trinajstić information content (AvgIpc) is 3.06. The number of nitrogens with zero attached hydrogens (tertiary/aromatic N) is 1. The van der Waals surface area contributed by atoms with Crippen molar-refractivity contribution in [2.45, 2.75) is 63.8 Å². The highest BCUT2D eigenvalue weighted by Gasteiger charge is 2.52. The SMILES string of the molecule is CC1CCC2(CC1)NC(=O)N(CC(=O)C1CCCC1)C2=O. The van der Waals surface area contributed by atoms with Gasteiger partial charge in [0.15, 0.2) is 5.78 Å². The number of urea groups is 1. The molecule has 1 N–H and O–H groups in total. The van der Waals surface area contributed by atoms with Gasteiger partial charge in [0.1, 0.15) is 5.54 Å². The van der Waals surface area contributed by atoms with Gasteiger partial charge in [-0.2, -0.15) is 0 Å². The molecule has 3 amide bonds. The standard InChI is InChI=1S/C16H24N2O3/c1-11-6-8-16(9-7-11)14(20)18(15(21)17-16)10-13(19)12-4-2-3-5-12/h11-12H,2-10H2,1H3,(H,17,21). The van der Waals surface area contributed by atoms with Crippen molar-refractivity contribution in [1.29, 1.82) is 0 Å². The summed E-state index contributed by atoms with van der Waals surface area (Å²) in [5.41, 5.74) is -0.723. The molecule has 5 heteroatoms. The van der Waals surface area contributed by atoms with Gasteiger partial charge in [-0.1, -0.05) is 19.8 Å². The summed E-state index contributed by atoms with van der Waals surface area (Å²) in [7, 11) is 0. The second-order valence-electron chi connectivity index (χ2n) is 7.03. The van der Waals surface area contributed by atoms with Gasteiger partial charge in [-0.05, 0) is 44.4 Å². The number of Topliss-reactive ketones (excluding diaryl/α,β-unsaturated/α-hetero) is 1. The van der Waals surface area contributed by atoms with Crippen molar-refractivity contribution >= 4 is 17.7 Å². The molecule has 1 heterocycles. The van der Waals surface area contributed by atoms with Crippen molar-refractivity contribution in [2.24, 2.45) is 11.8 Å². The molecule has 1 saturated heterocycles. The van der Waals surface area contributed by atoms with Crippen LogP contribution in [0.4, 0.5) is 4.79 Å². The zero-order chi connectivity index (χ0) is 15.0. The van der Waals surface area contributed by atoms with Gasteiger partial charge in [0.2, 0.25) is 0 Å². The first-order valence-electron chi connectivity index (χ1n) is 8.19. The number of carbonyl (C=O) groups excluding carboxylic acids is 3. The van der Waals surface area contributed by atoms with Crippen LogP contribution in [0.2, 0.25) is 0 Å². The highest BCUT2D eigenvalue weighted by Crippen LogP contribution is 2.36. The minimum atomic E-state index is -0.723. The van der Waals surface area contributed by atoms with Crippen molar-refractivity contribution in [3.05, 3.63) is 0 Å². The Morgan fingerprint density at radius 2 is 1.81 bits per heavy atom. The fraction of sp³-hybridized carbons (Fsp3) is 0.812. The molecule has 1 aliphatic heterocycles. The summed E-state index contributed by atoms with van der Waals surface area (Å²) in [5, 5.41) is 2.87. The molecular formula is C16H24N2O3. The van der Waals surface area contributed by atoms with E-state index in [2.05, 4.69) is 12.2 Å².